The van der Waals surface area contributed by atoms with Gasteiger partial charge in [0, 0.05) is 18.1 Å². The topological polar surface area (TPSA) is 60.0 Å². The van der Waals surface area contributed by atoms with E-state index in [1.807, 2.05) is 0 Å². The summed E-state index contributed by atoms with van der Waals surface area (Å²) in [4.78, 5) is 12.4. The van der Waals surface area contributed by atoms with E-state index in [0.717, 1.165) is 0 Å². The van der Waals surface area contributed by atoms with E-state index in [0.29, 0.717) is 33.7 Å². The zero-order chi connectivity index (χ0) is 14.7. The summed E-state index contributed by atoms with van der Waals surface area (Å²) < 4.78 is 26.5. The fraction of sp³-hybridized carbons (Fsp3) is 0.154. The van der Waals surface area contributed by atoms with Crippen LogP contribution in [0, 0.1) is 0 Å². The van der Waals surface area contributed by atoms with Gasteiger partial charge in [-0.15, -0.1) is 0 Å². The minimum absolute atomic E-state index is 0.318. The number of amides is 1. The van der Waals surface area contributed by atoms with Crippen LogP contribution in [0.4, 0.5) is 20.2 Å². The number of hydrogen-bond acceptors (Lipinski definition) is 3. The van der Waals surface area contributed by atoms with Gasteiger partial charge >= 0.3 is 0 Å². The molecule has 3 N–H and O–H groups in total. The van der Waals surface area contributed by atoms with Crippen molar-refractivity contribution >= 4 is 29.0 Å². The zero-order valence-electron chi connectivity index (χ0n) is 10.6. The van der Waals surface area contributed by atoms with Crippen LogP contribution in [0.3, 0.4) is 0 Å². The highest BCUT2D eigenvalue weighted by atomic mass is 32.2. The number of alkyl halides is 2. The lowest BCUT2D eigenvalue weighted by Gasteiger charge is -2.10. The Bertz CT molecular complexity index is 628. The lowest BCUT2D eigenvalue weighted by atomic mass is 10.3. The number of rotatable bonds is 4. The van der Waals surface area contributed by atoms with Crippen LogP contribution < -0.4 is 11.1 Å². The second-order valence-electron chi connectivity index (χ2n) is 4.10. The number of benzene rings is 1. The summed E-state index contributed by atoms with van der Waals surface area (Å²) in [7, 11) is 1.69. The number of hydrogen-bond donors (Lipinski definition) is 2. The number of carbonyl (C=O) groups excluding carboxylic acids is 1. The number of nitrogens with zero attached hydrogens (tertiary/aromatic N) is 1. The van der Waals surface area contributed by atoms with Gasteiger partial charge in [-0.25, -0.2) is 0 Å². The summed E-state index contributed by atoms with van der Waals surface area (Å²) in [6.45, 7) is 0. The van der Waals surface area contributed by atoms with Crippen LogP contribution >= 0.6 is 11.8 Å². The van der Waals surface area contributed by atoms with E-state index in [1.54, 1.807) is 36.0 Å². The first kappa shape index (κ1) is 14.4. The van der Waals surface area contributed by atoms with Crippen molar-refractivity contribution in [3.05, 3.63) is 42.2 Å². The van der Waals surface area contributed by atoms with Gasteiger partial charge in [0.1, 0.15) is 5.69 Å². The predicted octanol–water partition coefficient (Wildman–Crippen LogP) is 3.17. The summed E-state index contributed by atoms with van der Waals surface area (Å²) in [5.41, 5.74) is 6.78. The number of nitrogens with one attached hydrogen (secondary N) is 1. The molecular weight excluding hydrogens is 284 g/mol. The molecule has 0 radical (unpaired) electrons. The Hall–Kier alpha value is -2.02. The molecule has 0 bridgehead atoms. The molecule has 1 aromatic carbocycles. The third-order valence-corrected chi connectivity index (χ3v) is 3.40. The summed E-state index contributed by atoms with van der Waals surface area (Å²) in [6.07, 6.45) is 1.61. The monoisotopic (exact) mass is 297 g/mol. The molecule has 0 fully saturated rings. The van der Waals surface area contributed by atoms with Crippen LogP contribution in [0.15, 0.2) is 41.4 Å². The summed E-state index contributed by atoms with van der Waals surface area (Å²) in [6, 6.07) is 7.95. The Labute approximate surface area is 119 Å². The highest BCUT2D eigenvalue weighted by Gasteiger charge is 2.15. The van der Waals surface area contributed by atoms with Crippen LogP contribution in [0.2, 0.25) is 0 Å². The van der Waals surface area contributed by atoms with Crippen molar-refractivity contribution < 1.29 is 13.6 Å². The molecule has 0 spiro atoms. The van der Waals surface area contributed by atoms with Gasteiger partial charge in [0.2, 0.25) is 0 Å². The molecule has 0 aliphatic heterocycles. The minimum atomic E-state index is -2.54. The van der Waals surface area contributed by atoms with Gasteiger partial charge in [-0.1, -0.05) is 23.9 Å². The smallest absolute Gasteiger partial charge is 0.288 e. The second kappa shape index (κ2) is 5.96. The number of nitrogens with two attached hydrogens (primary N) is 1. The number of para-hydroxylation sites is 1. The number of anilines is 2. The van der Waals surface area contributed by atoms with Crippen molar-refractivity contribution in [3.8, 4) is 0 Å². The molecule has 4 nitrogen and oxygen atoms in total. The van der Waals surface area contributed by atoms with E-state index in [-0.39, 0.29) is 0 Å². The fourth-order valence-corrected chi connectivity index (χ4v) is 2.37. The van der Waals surface area contributed by atoms with Gasteiger partial charge in [-0.2, -0.15) is 8.78 Å². The normalized spacial score (nSPS) is 10.8. The molecule has 0 saturated carbocycles. The molecule has 0 saturated heterocycles. The van der Waals surface area contributed by atoms with Gasteiger partial charge in [-0.3, -0.25) is 4.79 Å². The standard InChI is InChI=1S/C13H13F2N3OS/c1-18-7-8(16)6-10(18)12(19)17-9-4-2-3-5-11(9)20-13(14)15/h2-7,13H,16H2,1H3,(H,17,19). The fourth-order valence-electron chi connectivity index (χ4n) is 1.77. The van der Waals surface area contributed by atoms with Crippen LogP contribution in [0.25, 0.3) is 0 Å². The van der Waals surface area contributed by atoms with Gasteiger partial charge < -0.3 is 15.6 Å². The Morgan fingerprint density at radius 1 is 1.40 bits per heavy atom. The molecule has 7 heteroatoms. The van der Waals surface area contributed by atoms with Crippen molar-refractivity contribution in [1.29, 1.82) is 0 Å². The summed E-state index contributed by atoms with van der Waals surface area (Å²) >= 11 is 0.392. The Morgan fingerprint density at radius 2 is 2.10 bits per heavy atom. The quantitative estimate of drug-likeness (QED) is 0.852. The highest BCUT2D eigenvalue weighted by molar-refractivity contribution is 7.99. The number of aromatic nitrogens is 1. The van der Waals surface area contributed by atoms with Gasteiger partial charge in [-0.05, 0) is 18.2 Å². The maximum atomic E-state index is 12.5. The first-order valence-electron chi connectivity index (χ1n) is 5.74. The molecule has 0 aliphatic carbocycles. The third kappa shape index (κ3) is 3.30. The molecule has 0 aliphatic rings. The van der Waals surface area contributed by atoms with E-state index in [2.05, 4.69) is 5.32 Å². The average Bonchev–Trinajstić information content (AvgIpc) is 2.70. The third-order valence-electron chi connectivity index (χ3n) is 2.61. The lowest BCUT2D eigenvalue weighted by Crippen LogP contribution is -2.15. The SMILES string of the molecule is Cn1cc(N)cc1C(=O)Nc1ccccc1SC(F)F. The number of aryl methyl sites for hydroxylation is 1. The average molecular weight is 297 g/mol. The van der Waals surface area contributed by atoms with Crippen LogP contribution in [-0.4, -0.2) is 16.2 Å². The van der Waals surface area contributed by atoms with E-state index in [4.69, 9.17) is 5.73 Å². The second-order valence-corrected chi connectivity index (χ2v) is 5.13. The van der Waals surface area contributed by atoms with Crippen LogP contribution in [0.1, 0.15) is 10.5 Å². The van der Waals surface area contributed by atoms with Crippen molar-refractivity contribution in [1.82, 2.24) is 4.57 Å². The molecule has 1 heterocycles. The predicted molar refractivity (Wildman–Crippen MR) is 76.1 cm³/mol. The van der Waals surface area contributed by atoms with Gasteiger partial charge in [0.15, 0.2) is 0 Å². The van der Waals surface area contributed by atoms with Crippen molar-refractivity contribution in [2.75, 3.05) is 11.1 Å². The highest BCUT2D eigenvalue weighted by Crippen LogP contribution is 2.31. The molecule has 1 amide bonds. The zero-order valence-corrected chi connectivity index (χ0v) is 11.5. The molecule has 2 rings (SSSR count). The molecule has 2 aromatic rings. The molecule has 1 aromatic heterocycles. The Morgan fingerprint density at radius 3 is 2.70 bits per heavy atom. The molecule has 0 unspecified atom stereocenters. The molecule has 106 valence electrons. The van der Waals surface area contributed by atoms with Crippen LogP contribution in [0.5, 0.6) is 0 Å². The summed E-state index contributed by atoms with van der Waals surface area (Å²) in [5, 5.41) is 2.62. The first-order chi connectivity index (χ1) is 9.47. The number of nitrogen functional groups attached to an aromatic ring is 1. The van der Waals surface area contributed by atoms with Gasteiger partial charge in [0.25, 0.3) is 11.7 Å². The van der Waals surface area contributed by atoms with Crippen LogP contribution in [-0.2, 0) is 7.05 Å². The van der Waals surface area contributed by atoms with Crippen molar-refractivity contribution in [2.24, 2.45) is 7.05 Å². The van der Waals surface area contributed by atoms with Crippen molar-refractivity contribution in [2.45, 2.75) is 10.7 Å². The Balaban J connectivity index is 2.22. The van der Waals surface area contributed by atoms with E-state index >= 15 is 0 Å². The largest absolute Gasteiger partial charge is 0.397 e. The van der Waals surface area contributed by atoms with E-state index in [9.17, 15) is 13.6 Å². The molecular formula is C13H13F2N3OS. The maximum absolute atomic E-state index is 12.5. The first-order valence-corrected chi connectivity index (χ1v) is 6.62. The number of halogens is 2. The number of thioether (sulfide) groups is 1. The van der Waals surface area contributed by atoms with Crippen molar-refractivity contribution in [3.63, 3.8) is 0 Å². The summed E-state index contributed by atoms with van der Waals surface area (Å²) in [5.74, 6) is -2.94. The number of carbonyl (C=O) groups is 1. The lowest BCUT2D eigenvalue weighted by molar-refractivity contribution is 0.101. The molecule has 20 heavy (non-hydrogen) atoms. The van der Waals surface area contributed by atoms with Gasteiger partial charge in [0.05, 0.1) is 11.4 Å². The Kier molecular flexibility index (Phi) is 4.29. The molecule has 0 atom stereocenters. The minimum Gasteiger partial charge on any atom is -0.397 e. The maximum Gasteiger partial charge on any atom is 0.288 e. The van der Waals surface area contributed by atoms with E-state index in [1.165, 1.54) is 12.1 Å². The van der Waals surface area contributed by atoms with E-state index < -0.39 is 11.7 Å².